The lowest BCUT2D eigenvalue weighted by atomic mass is 9.85. The van der Waals surface area contributed by atoms with Crippen LogP contribution in [0.25, 0.3) is 5.69 Å². The van der Waals surface area contributed by atoms with Gasteiger partial charge in [0.05, 0.1) is 56.6 Å². The summed E-state index contributed by atoms with van der Waals surface area (Å²) >= 11 is 0. The van der Waals surface area contributed by atoms with Gasteiger partial charge in [0, 0.05) is 31.3 Å². The van der Waals surface area contributed by atoms with Crippen LogP contribution in [0.2, 0.25) is 0 Å². The molecule has 1 aliphatic heterocycles. The number of hydrogen-bond donors (Lipinski definition) is 2. The number of imidazole rings is 1. The third kappa shape index (κ3) is 5.69. The van der Waals surface area contributed by atoms with E-state index in [9.17, 15) is 4.21 Å². The van der Waals surface area contributed by atoms with E-state index >= 15 is 0 Å². The van der Waals surface area contributed by atoms with E-state index in [-0.39, 0.29) is 10.7 Å². The molecule has 1 aromatic carbocycles. The highest BCUT2D eigenvalue weighted by atomic mass is 32.2. The number of aliphatic carboxylic acids is 1. The molecule has 2 N–H and O–H groups in total. The molecule has 1 aliphatic carbocycles. The zero-order valence-corrected chi connectivity index (χ0v) is 22.9. The Balaban J connectivity index is 0.000000747. The van der Waals surface area contributed by atoms with Crippen LogP contribution in [0.15, 0.2) is 35.6 Å². The predicted molar refractivity (Wildman–Crippen MR) is 143 cm³/mol. The summed E-state index contributed by atoms with van der Waals surface area (Å²) in [5, 5.41) is 10.8. The topological polar surface area (TPSA) is 119 Å². The zero-order valence-electron chi connectivity index (χ0n) is 22.1. The van der Waals surface area contributed by atoms with E-state index in [0.717, 1.165) is 78.1 Å². The maximum Gasteiger partial charge on any atom is 0.300 e. The normalized spacial score (nSPS) is 17.7. The Labute approximate surface area is 220 Å². The summed E-state index contributed by atoms with van der Waals surface area (Å²) in [5.41, 5.74) is 4.56. The van der Waals surface area contributed by atoms with Gasteiger partial charge in [-0.2, -0.15) is 0 Å². The molecular weight excluding hydrogens is 490 g/mol. The number of ether oxygens (including phenoxy) is 1. The number of rotatable bonds is 5. The number of methoxy groups -OCH3 is 1. The van der Waals surface area contributed by atoms with Gasteiger partial charge in [0.25, 0.3) is 5.97 Å². The van der Waals surface area contributed by atoms with Gasteiger partial charge >= 0.3 is 0 Å². The molecule has 0 saturated heterocycles. The van der Waals surface area contributed by atoms with Crippen molar-refractivity contribution in [3.05, 3.63) is 47.8 Å². The summed E-state index contributed by atoms with van der Waals surface area (Å²) in [6.45, 7) is 7.27. The van der Waals surface area contributed by atoms with Gasteiger partial charge in [-0.3, -0.25) is 9.00 Å². The van der Waals surface area contributed by atoms with E-state index in [1.54, 1.807) is 13.4 Å². The van der Waals surface area contributed by atoms with Crippen molar-refractivity contribution in [1.29, 1.82) is 0 Å². The molecule has 2 aliphatic rings. The fourth-order valence-electron chi connectivity index (χ4n) is 5.08. The number of hydrogen-bond acceptors (Lipinski definition) is 7. The lowest BCUT2D eigenvalue weighted by molar-refractivity contribution is -0.134. The molecule has 1 unspecified atom stereocenters. The van der Waals surface area contributed by atoms with Crippen LogP contribution in [-0.2, 0) is 22.0 Å². The van der Waals surface area contributed by atoms with E-state index in [4.69, 9.17) is 24.6 Å². The van der Waals surface area contributed by atoms with Gasteiger partial charge in [0.15, 0.2) is 0 Å². The largest absolute Gasteiger partial charge is 0.494 e. The van der Waals surface area contributed by atoms with Crippen molar-refractivity contribution in [3.8, 4) is 11.4 Å². The second-order valence-electron chi connectivity index (χ2n) is 10.0. The smallest absolute Gasteiger partial charge is 0.300 e. The van der Waals surface area contributed by atoms with E-state index in [1.165, 1.54) is 6.42 Å². The molecule has 2 aromatic heterocycles. The van der Waals surface area contributed by atoms with E-state index < -0.39 is 16.8 Å². The second-order valence-corrected chi connectivity index (χ2v) is 11.8. The molecule has 5 rings (SSSR count). The lowest BCUT2D eigenvalue weighted by Crippen LogP contribution is -2.34. The molecule has 198 valence electrons. The Kier molecular flexibility index (Phi) is 7.96. The lowest BCUT2D eigenvalue weighted by Gasteiger charge is -2.31. The molecule has 0 bridgehead atoms. The van der Waals surface area contributed by atoms with Crippen LogP contribution >= 0.6 is 0 Å². The van der Waals surface area contributed by atoms with Crippen molar-refractivity contribution >= 4 is 28.4 Å². The summed E-state index contributed by atoms with van der Waals surface area (Å²) in [4.78, 5) is 23.9. The molecule has 0 radical (unpaired) electrons. The first-order valence-corrected chi connectivity index (χ1v) is 13.8. The number of fused-ring (bicyclic) bond motifs is 1. The molecule has 1 fully saturated rings. The highest BCUT2D eigenvalue weighted by Crippen LogP contribution is 2.47. The van der Waals surface area contributed by atoms with Gasteiger partial charge in [0.1, 0.15) is 5.75 Å². The maximum atomic E-state index is 13.6. The van der Waals surface area contributed by atoms with E-state index in [1.807, 2.05) is 35.9 Å². The Morgan fingerprint density at radius 1 is 1.22 bits per heavy atom. The number of carboxylic acid groups (broad SMARTS) is 1. The minimum Gasteiger partial charge on any atom is -0.494 e. The number of aryl methyl sites for hydroxylation is 1. The van der Waals surface area contributed by atoms with Gasteiger partial charge in [-0.1, -0.05) is 33.1 Å². The standard InChI is InChI=1S/C25H31N5O2S.C2H4O2/c1-16(2)22-23-19(13-25(33(23)31)10-6-5-7-11-25)28-24(29-22)27-18-8-9-20(21(12-18)32-4)30-14-17(3)26-15-30;1-2(3)4/h8-9,12,14-16H,5-7,10-11,13H2,1-4H3,(H,27,28,29);1H3,(H,3,4). The first kappa shape index (κ1) is 26.8. The van der Waals surface area contributed by atoms with Gasteiger partial charge in [-0.25, -0.2) is 15.0 Å². The molecular formula is C27H35N5O4S. The molecule has 9 nitrogen and oxygen atoms in total. The van der Waals surface area contributed by atoms with Crippen molar-refractivity contribution in [2.24, 2.45) is 0 Å². The fraction of sp³-hybridized carbons (Fsp3) is 0.481. The number of aromatic nitrogens is 4. The van der Waals surface area contributed by atoms with Crippen LogP contribution in [0, 0.1) is 6.92 Å². The van der Waals surface area contributed by atoms with Crippen LogP contribution in [0.5, 0.6) is 5.75 Å². The summed E-state index contributed by atoms with van der Waals surface area (Å²) in [5.74, 6) is 0.617. The summed E-state index contributed by atoms with van der Waals surface area (Å²) in [6.07, 6.45) is 10.1. The van der Waals surface area contributed by atoms with Crippen LogP contribution in [-0.4, -0.2) is 46.7 Å². The Hall–Kier alpha value is -3.27. The summed E-state index contributed by atoms with van der Waals surface area (Å²) in [6, 6.07) is 5.92. The summed E-state index contributed by atoms with van der Waals surface area (Å²) < 4.78 is 21.1. The number of carboxylic acids is 1. The van der Waals surface area contributed by atoms with Gasteiger partial charge < -0.3 is 19.7 Å². The Morgan fingerprint density at radius 2 is 1.92 bits per heavy atom. The highest BCUT2D eigenvalue weighted by Gasteiger charge is 2.47. The molecule has 3 heterocycles. The number of carbonyl (C=O) groups is 1. The molecule has 10 heteroatoms. The minimum absolute atomic E-state index is 0.147. The first-order valence-electron chi connectivity index (χ1n) is 12.6. The third-order valence-corrected chi connectivity index (χ3v) is 8.92. The van der Waals surface area contributed by atoms with Crippen molar-refractivity contribution in [2.75, 3.05) is 12.4 Å². The quantitative estimate of drug-likeness (QED) is 0.460. The van der Waals surface area contributed by atoms with Crippen LogP contribution in [0.4, 0.5) is 11.6 Å². The number of anilines is 2. The average Bonchev–Trinajstić information content (AvgIpc) is 3.39. The number of nitrogens with zero attached hydrogens (tertiary/aromatic N) is 4. The van der Waals surface area contributed by atoms with Crippen LogP contribution in [0.3, 0.4) is 0 Å². The van der Waals surface area contributed by atoms with Crippen molar-refractivity contribution in [3.63, 3.8) is 0 Å². The van der Waals surface area contributed by atoms with Crippen molar-refractivity contribution < 1.29 is 18.8 Å². The number of nitrogens with one attached hydrogen (secondary N) is 1. The van der Waals surface area contributed by atoms with Gasteiger partial charge in [-0.05, 0) is 37.8 Å². The Bertz CT molecular complexity index is 1310. The zero-order chi connectivity index (χ0) is 26.7. The molecule has 0 amide bonds. The van der Waals surface area contributed by atoms with Crippen molar-refractivity contribution in [1.82, 2.24) is 19.5 Å². The molecule has 37 heavy (non-hydrogen) atoms. The molecule has 1 saturated carbocycles. The molecule has 3 aromatic rings. The molecule has 1 spiro atoms. The monoisotopic (exact) mass is 525 g/mol. The molecule has 1 atom stereocenters. The van der Waals surface area contributed by atoms with Crippen LogP contribution < -0.4 is 10.1 Å². The average molecular weight is 526 g/mol. The predicted octanol–water partition coefficient (Wildman–Crippen LogP) is 5.30. The van der Waals surface area contributed by atoms with Gasteiger partial charge in [-0.15, -0.1) is 0 Å². The van der Waals surface area contributed by atoms with E-state index in [2.05, 4.69) is 24.1 Å². The van der Waals surface area contributed by atoms with Crippen molar-refractivity contribution in [2.45, 2.75) is 81.8 Å². The van der Waals surface area contributed by atoms with Crippen LogP contribution in [0.1, 0.15) is 75.9 Å². The second kappa shape index (κ2) is 11.0. The fourth-order valence-corrected chi connectivity index (χ4v) is 7.24. The van der Waals surface area contributed by atoms with E-state index in [0.29, 0.717) is 5.95 Å². The van der Waals surface area contributed by atoms with Gasteiger partial charge in [0.2, 0.25) is 5.95 Å². The highest BCUT2D eigenvalue weighted by molar-refractivity contribution is 7.87. The maximum absolute atomic E-state index is 13.6. The summed E-state index contributed by atoms with van der Waals surface area (Å²) in [7, 11) is 0.622. The third-order valence-electron chi connectivity index (χ3n) is 6.77. The first-order chi connectivity index (χ1) is 17.6. The number of benzene rings is 1. The minimum atomic E-state index is -1.04. The Morgan fingerprint density at radius 3 is 2.51 bits per heavy atom. The SMILES string of the molecule is CC(=O)O.COc1cc(Nc2nc3c(c(C(C)C)n2)S(=O)C2(CCCCC2)C3)ccc1-n1cnc(C)c1.